The molecule has 3 rings (SSSR count). The highest BCUT2D eigenvalue weighted by molar-refractivity contribution is 5.78. The number of methoxy groups -OCH3 is 1. The molecule has 0 amide bonds. The van der Waals surface area contributed by atoms with Gasteiger partial charge in [0.1, 0.15) is 6.73 Å². The minimum Gasteiger partial charge on any atom is -0.382 e. The van der Waals surface area contributed by atoms with Crippen LogP contribution in [0.3, 0.4) is 0 Å². The van der Waals surface area contributed by atoms with Crippen LogP contribution in [-0.2, 0) is 16.2 Å². The number of rotatable bonds is 7. The van der Waals surface area contributed by atoms with Gasteiger partial charge in [0.25, 0.3) is 0 Å². The molecule has 6 nitrogen and oxygen atoms in total. The van der Waals surface area contributed by atoms with Crippen molar-refractivity contribution < 1.29 is 9.47 Å². The number of para-hydroxylation sites is 2. The first kappa shape index (κ1) is 16.2. The molecule has 1 fully saturated rings. The van der Waals surface area contributed by atoms with Crippen LogP contribution in [0, 0.1) is 0 Å². The van der Waals surface area contributed by atoms with Crippen LogP contribution in [-0.4, -0.2) is 61.0 Å². The average molecular weight is 318 g/mol. The normalized spacial score (nSPS) is 17.0. The Labute approximate surface area is 137 Å². The van der Waals surface area contributed by atoms with Crippen molar-refractivity contribution in [2.75, 3.05) is 45.8 Å². The fourth-order valence-electron chi connectivity index (χ4n) is 2.95. The molecule has 6 heteroatoms. The van der Waals surface area contributed by atoms with E-state index in [1.54, 1.807) is 7.11 Å². The van der Waals surface area contributed by atoms with Crippen LogP contribution in [0.5, 0.6) is 0 Å². The van der Waals surface area contributed by atoms with Crippen molar-refractivity contribution in [1.29, 1.82) is 0 Å². The van der Waals surface area contributed by atoms with E-state index in [0.717, 1.165) is 42.9 Å². The Kier molecular flexibility index (Phi) is 5.48. The Morgan fingerprint density at radius 2 is 2.00 bits per heavy atom. The van der Waals surface area contributed by atoms with Crippen molar-refractivity contribution >= 4 is 17.0 Å². The maximum absolute atomic E-state index is 5.72. The van der Waals surface area contributed by atoms with Crippen LogP contribution >= 0.6 is 0 Å². The van der Waals surface area contributed by atoms with Gasteiger partial charge >= 0.3 is 0 Å². The van der Waals surface area contributed by atoms with Crippen molar-refractivity contribution in [1.82, 2.24) is 14.5 Å². The van der Waals surface area contributed by atoms with Gasteiger partial charge in [-0.25, -0.2) is 4.98 Å². The molecule has 0 unspecified atom stereocenters. The lowest BCUT2D eigenvalue weighted by molar-refractivity contribution is 0.0365. The largest absolute Gasteiger partial charge is 0.382 e. The van der Waals surface area contributed by atoms with E-state index in [0.29, 0.717) is 26.0 Å². The molecule has 1 aliphatic heterocycles. The third-order valence-corrected chi connectivity index (χ3v) is 4.36. The summed E-state index contributed by atoms with van der Waals surface area (Å²) in [5.74, 6) is 0.901. The number of hydrogen-bond donors (Lipinski definition) is 1. The van der Waals surface area contributed by atoms with E-state index in [9.17, 15) is 0 Å². The highest BCUT2D eigenvalue weighted by Gasteiger charge is 2.19. The zero-order chi connectivity index (χ0) is 16.1. The molecule has 1 aliphatic rings. The zero-order valence-corrected chi connectivity index (χ0v) is 14.0. The number of fused-ring (bicyclic) bond motifs is 1. The topological polar surface area (TPSA) is 51.6 Å². The van der Waals surface area contributed by atoms with E-state index in [1.807, 2.05) is 18.2 Å². The molecule has 2 aromatic rings. The number of benzene rings is 1. The molecule has 23 heavy (non-hydrogen) atoms. The number of aromatic nitrogens is 2. The van der Waals surface area contributed by atoms with Crippen LogP contribution in [0.15, 0.2) is 24.3 Å². The summed E-state index contributed by atoms with van der Waals surface area (Å²) in [4.78, 5) is 7.12. The van der Waals surface area contributed by atoms with Crippen LogP contribution in [0.25, 0.3) is 11.0 Å². The van der Waals surface area contributed by atoms with Gasteiger partial charge in [-0.2, -0.15) is 0 Å². The molecule has 0 saturated carbocycles. The molecule has 0 atom stereocenters. The SMILES string of the molecule is COCCOCn1c(NC2CCN(C)CC2)nc2ccccc21. The standard InChI is InChI=1S/C17H26N4O2/c1-20-9-7-14(8-10-20)18-17-19-15-5-3-4-6-16(15)21(17)13-23-12-11-22-2/h3-6,14H,7-13H2,1-2H3,(H,18,19). The number of anilines is 1. The summed E-state index contributed by atoms with van der Waals surface area (Å²) in [7, 11) is 3.86. The molecule has 1 aromatic carbocycles. The van der Waals surface area contributed by atoms with Gasteiger partial charge in [0.05, 0.1) is 24.2 Å². The van der Waals surface area contributed by atoms with Gasteiger partial charge in [-0.1, -0.05) is 12.1 Å². The van der Waals surface area contributed by atoms with Crippen LogP contribution in [0.2, 0.25) is 0 Å². The summed E-state index contributed by atoms with van der Waals surface area (Å²) in [5, 5.41) is 3.61. The van der Waals surface area contributed by atoms with Gasteiger partial charge in [-0.15, -0.1) is 0 Å². The minimum atomic E-state index is 0.473. The Bertz CT molecular complexity index is 620. The average Bonchev–Trinajstić information content (AvgIpc) is 2.91. The number of likely N-dealkylation sites (tertiary alicyclic amines) is 1. The molecule has 0 radical (unpaired) electrons. The maximum Gasteiger partial charge on any atom is 0.206 e. The van der Waals surface area contributed by atoms with E-state index in [2.05, 4.69) is 27.9 Å². The summed E-state index contributed by atoms with van der Waals surface area (Å²) < 4.78 is 12.9. The summed E-state index contributed by atoms with van der Waals surface area (Å²) in [6, 6.07) is 8.66. The predicted molar refractivity (Wildman–Crippen MR) is 91.7 cm³/mol. The van der Waals surface area contributed by atoms with E-state index < -0.39 is 0 Å². The Balaban J connectivity index is 1.74. The lowest BCUT2D eigenvalue weighted by Gasteiger charge is -2.29. The quantitative estimate of drug-likeness (QED) is 0.793. The first-order chi connectivity index (χ1) is 11.3. The number of hydrogen-bond acceptors (Lipinski definition) is 5. The van der Waals surface area contributed by atoms with Gasteiger partial charge in [0.15, 0.2) is 0 Å². The summed E-state index contributed by atoms with van der Waals surface area (Å²) >= 11 is 0. The van der Waals surface area contributed by atoms with Gasteiger partial charge in [-0.3, -0.25) is 4.57 Å². The molecule has 0 bridgehead atoms. The van der Waals surface area contributed by atoms with Crippen molar-refractivity contribution in [3.05, 3.63) is 24.3 Å². The van der Waals surface area contributed by atoms with E-state index in [1.165, 1.54) is 0 Å². The number of ether oxygens (including phenoxy) is 2. The summed E-state index contributed by atoms with van der Waals surface area (Å²) in [6.45, 7) is 3.92. The molecular formula is C17H26N4O2. The van der Waals surface area contributed by atoms with E-state index in [4.69, 9.17) is 14.5 Å². The van der Waals surface area contributed by atoms with E-state index in [-0.39, 0.29) is 0 Å². The first-order valence-corrected chi connectivity index (χ1v) is 8.25. The van der Waals surface area contributed by atoms with Crippen LogP contribution < -0.4 is 5.32 Å². The molecule has 1 aromatic heterocycles. The summed E-state index contributed by atoms with van der Waals surface area (Å²) in [6.07, 6.45) is 2.29. The fourth-order valence-corrected chi connectivity index (χ4v) is 2.95. The monoisotopic (exact) mass is 318 g/mol. The van der Waals surface area contributed by atoms with Gasteiger partial charge in [-0.05, 0) is 45.1 Å². The lowest BCUT2D eigenvalue weighted by atomic mass is 10.1. The van der Waals surface area contributed by atoms with Gasteiger partial charge in [0, 0.05) is 13.2 Å². The minimum absolute atomic E-state index is 0.473. The van der Waals surface area contributed by atoms with Crippen molar-refractivity contribution in [3.63, 3.8) is 0 Å². The van der Waals surface area contributed by atoms with Crippen molar-refractivity contribution in [2.45, 2.75) is 25.6 Å². The van der Waals surface area contributed by atoms with Gasteiger partial charge < -0.3 is 19.7 Å². The molecule has 126 valence electrons. The summed E-state index contributed by atoms with van der Waals surface area (Å²) in [5.41, 5.74) is 2.10. The van der Waals surface area contributed by atoms with Crippen LogP contribution in [0.1, 0.15) is 12.8 Å². The Morgan fingerprint density at radius 1 is 1.22 bits per heavy atom. The molecular weight excluding hydrogens is 292 g/mol. The van der Waals surface area contributed by atoms with Crippen molar-refractivity contribution in [3.8, 4) is 0 Å². The molecule has 1 N–H and O–H groups in total. The maximum atomic E-state index is 5.72. The molecule has 0 spiro atoms. The second-order valence-electron chi connectivity index (χ2n) is 6.10. The third kappa shape index (κ3) is 4.02. The van der Waals surface area contributed by atoms with Crippen molar-refractivity contribution in [2.24, 2.45) is 0 Å². The second kappa shape index (κ2) is 7.77. The number of nitrogens with one attached hydrogen (secondary N) is 1. The predicted octanol–water partition coefficient (Wildman–Crippen LogP) is 2.16. The molecule has 1 saturated heterocycles. The fraction of sp³-hybridized carbons (Fsp3) is 0.588. The highest BCUT2D eigenvalue weighted by Crippen LogP contribution is 2.22. The number of nitrogens with zero attached hydrogens (tertiary/aromatic N) is 3. The first-order valence-electron chi connectivity index (χ1n) is 8.25. The number of piperidine rings is 1. The second-order valence-corrected chi connectivity index (χ2v) is 6.10. The third-order valence-electron chi connectivity index (χ3n) is 4.36. The number of imidazole rings is 1. The zero-order valence-electron chi connectivity index (χ0n) is 14.0. The smallest absolute Gasteiger partial charge is 0.206 e. The lowest BCUT2D eigenvalue weighted by Crippen LogP contribution is -2.37. The van der Waals surface area contributed by atoms with Crippen LogP contribution in [0.4, 0.5) is 5.95 Å². The molecule has 0 aliphatic carbocycles. The Hall–Kier alpha value is -1.63. The molecule has 2 heterocycles. The van der Waals surface area contributed by atoms with Gasteiger partial charge in [0.2, 0.25) is 5.95 Å². The van der Waals surface area contributed by atoms with E-state index >= 15 is 0 Å². The highest BCUT2D eigenvalue weighted by atomic mass is 16.5. The Morgan fingerprint density at radius 3 is 2.78 bits per heavy atom.